The molecule has 0 bridgehead atoms. The lowest BCUT2D eigenvalue weighted by Crippen LogP contribution is -2.37. The molecule has 0 unspecified atom stereocenters. The number of nitrogens with two attached hydrogens (primary N) is 1. The third-order valence-electron chi connectivity index (χ3n) is 0.936. The molecule has 13 heavy (non-hydrogen) atoms. The molecule has 2 amide bonds. The highest BCUT2D eigenvalue weighted by molar-refractivity contribution is 8.04. The molecule has 0 saturated heterocycles. The maximum absolute atomic E-state index is 10.6. The summed E-state index contributed by atoms with van der Waals surface area (Å²) in [6.07, 6.45) is 0.778. The van der Waals surface area contributed by atoms with Crippen LogP contribution in [0.15, 0.2) is 0 Å². The van der Waals surface area contributed by atoms with Crippen LogP contribution in [0.25, 0.3) is 0 Å². The van der Waals surface area contributed by atoms with Gasteiger partial charge in [0.25, 0.3) is 10.0 Å². The number of carbonyl (C=O) groups is 2. The normalized spacial score (nSPS) is 10.8. The van der Waals surface area contributed by atoms with Crippen LogP contribution in [0.4, 0.5) is 4.79 Å². The molecule has 5 N–H and O–H groups in total. The first kappa shape index (κ1) is 11.8. The van der Waals surface area contributed by atoms with E-state index in [1.54, 1.807) is 4.72 Å². The van der Waals surface area contributed by atoms with Gasteiger partial charge in [-0.25, -0.2) is 18.6 Å². The Labute approximate surface area is 74.1 Å². The van der Waals surface area contributed by atoms with Gasteiger partial charge in [-0.3, -0.25) is 14.8 Å². The summed E-state index contributed by atoms with van der Waals surface area (Å²) in [6.45, 7) is -0.433. The van der Waals surface area contributed by atoms with Gasteiger partial charge in [-0.15, -0.1) is 0 Å². The third-order valence-corrected chi connectivity index (χ3v) is 2.01. The quantitative estimate of drug-likeness (QED) is 0.305. The minimum Gasteiger partial charge on any atom is -0.355 e. The number of primary amides is 1. The Bertz CT molecular complexity index is 297. The average molecular weight is 210 g/mol. The minimum atomic E-state index is -4.21. The van der Waals surface area contributed by atoms with Crippen LogP contribution in [-0.4, -0.2) is 31.3 Å². The molecule has 0 aliphatic rings. The topological polar surface area (TPSA) is 139 Å². The van der Waals surface area contributed by atoms with Gasteiger partial charge in [-0.05, 0) is 0 Å². The van der Waals surface area contributed by atoms with E-state index in [0.717, 1.165) is 6.42 Å². The molecule has 8 nitrogen and oxygen atoms in total. The van der Waals surface area contributed by atoms with Crippen molar-refractivity contribution in [1.82, 2.24) is 10.2 Å². The van der Waals surface area contributed by atoms with Gasteiger partial charge >= 0.3 is 5.24 Å². The van der Waals surface area contributed by atoms with E-state index in [9.17, 15) is 18.0 Å². The molecule has 0 aliphatic heterocycles. The van der Waals surface area contributed by atoms with Gasteiger partial charge in [0.2, 0.25) is 5.91 Å². The van der Waals surface area contributed by atoms with E-state index < -0.39 is 27.7 Å². The van der Waals surface area contributed by atoms with E-state index in [0.29, 0.717) is 0 Å². The highest BCUT2D eigenvalue weighted by Crippen LogP contribution is 1.83. The van der Waals surface area contributed by atoms with Crippen LogP contribution in [0.1, 0.15) is 0 Å². The van der Waals surface area contributed by atoms with Crippen molar-refractivity contribution in [3.8, 4) is 0 Å². The molecule has 0 aliphatic carbocycles. The molecule has 9 heteroatoms. The van der Waals surface area contributed by atoms with E-state index in [-0.39, 0.29) is 0 Å². The van der Waals surface area contributed by atoms with Crippen molar-refractivity contribution in [3.63, 3.8) is 0 Å². The minimum absolute atomic E-state index is 0.433. The average Bonchev–Trinajstić information content (AvgIpc) is 2.03. The first-order valence-corrected chi connectivity index (χ1v) is 4.45. The number of hydroxylamine groups is 1. The molecular weight excluding hydrogens is 202 g/mol. The van der Waals surface area contributed by atoms with E-state index in [1.165, 1.54) is 5.48 Å². The summed E-state index contributed by atoms with van der Waals surface area (Å²) >= 11 is 0. The number of carbonyl (C=O) groups excluding carboxylic acids is 2. The fourth-order valence-electron chi connectivity index (χ4n) is 0.361. The Balaban J connectivity index is 3.91. The second-order valence-corrected chi connectivity index (χ2v) is 3.55. The Hall–Kier alpha value is -1.19. The zero-order chi connectivity index (χ0) is 10.5. The maximum Gasteiger partial charge on any atom is 0.349 e. The smallest absolute Gasteiger partial charge is 0.349 e. The number of sulfonamides is 1. The molecular formula is C4H8N3O5S. The molecule has 0 aromatic heterocycles. The van der Waals surface area contributed by atoms with Crippen molar-refractivity contribution < 1.29 is 23.2 Å². The van der Waals surface area contributed by atoms with Gasteiger partial charge in [0.05, 0.1) is 6.42 Å². The summed E-state index contributed by atoms with van der Waals surface area (Å²) < 4.78 is 22.9. The van der Waals surface area contributed by atoms with Gasteiger partial charge < -0.3 is 5.73 Å². The lowest BCUT2D eigenvalue weighted by atomic mass is 10.4. The summed E-state index contributed by atoms with van der Waals surface area (Å²) in [6, 6.07) is 0. The van der Waals surface area contributed by atoms with E-state index in [4.69, 9.17) is 5.21 Å². The monoisotopic (exact) mass is 210 g/mol. The first-order valence-electron chi connectivity index (χ1n) is 2.96. The van der Waals surface area contributed by atoms with Crippen molar-refractivity contribution in [2.45, 2.75) is 0 Å². The van der Waals surface area contributed by atoms with Gasteiger partial charge in [0, 0.05) is 6.54 Å². The summed E-state index contributed by atoms with van der Waals surface area (Å²) in [5.41, 5.74) is 5.70. The van der Waals surface area contributed by atoms with Crippen LogP contribution in [0.2, 0.25) is 0 Å². The largest absolute Gasteiger partial charge is 0.355 e. The highest BCUT2D eigenvalue weighted by Gasteiger charge is 2.17. The van der Waals surface area contributed by atoms with Crippen molar-refractivity contribution in [2.75, 3.05) is 6.54 Å². The molecule has 0 heterocycles. The number of nitrogens with one attached hydrogen (secondary N) is 2. The number of rotatable bonds is 4. The number of hydrogen-bond acceptors (Lipinski definition) is 5. The fraction of sp³-hybridized carbons (Fsp3) is 0.250. The molecule has 75 valence electrons. The molecule has 0 fully saturated rings. The molecule has 0 atom stereocenters. The van der Waals surface area contributed by atoms with E-state index >= 15 is 0 Å². The Morgan fingerprint density at radius 2 is 2.00 bits per heavy atom. The Morgan fingerprint density at radius 3 is 2.38 bits per heavy atom. The highest BCUT2D eigenvalue weighted by atomic mass is 32.2. The SMILES string of the molecule is NC(=O)S(=O)(=O)NC[CH]C(=O)NO. The van der Waals surface area contributed by atoms with Gasteiger partial charge in [-0.1, -0.05) is 0 Å². The molecule has 0 saturated carbocycles. The molecule has 0 aromatic rings. The van der Waals surface area contributed by atoms with Crippen LogP contribution in [0, 0.1) is 6.42 Å². The summed E-state index contributed by atoms with van der Waals surface area (Å²) in [4.78, 5) is 20.5. The third kappa shape index (κ3) is 4.40. The zero-order valence-electron chi connectivity index (χ0n) is 6.35. The Kier molecular flexibility index (Phi) is 4.31. The van der Waals surface area contributed by atoms with Crippen LogP contribution < -0.4 is 15.9 Å². The summed E-state index contributed by atoms with van der Waals surface area (Å²) in [7, 11) is -4.21. The van der Waals surface area contributed by atoms with Crippen molar-refractivity contribution in [3.05, 3.63) is 6.42 Å². The second-order valence-electron chi connectivity index (χ2n) is 1.85. The second kappa shape index (κ2) is 4.74. The molecule has 0 aromatic carbocycles. The van der Waals surface area contributed by atoms with Crippen molar-refractivity contribution in [1.29, 1.82) is 0 Å². The lowest BCUT2D eigenvalue weighted by molar-refractivity contribution is -0.125. The molecule has 0 rings (SSSR count). The van der Waals surface area contributed by atoms with E-state index in [2.05, 4.69) is 5.73 Å². The lowest BCUT2D eigenvalue weighted by Gasteiger charge is -2.00. The predicted molar refractivity (Wildman–Crippen MR) is 40.7 cm³/mol. The number of hydrogen-bond donors (Lipinski definition) is 4. The standard InChI is InChI=1S/C4H8N3O5S/c5-4(9)13(11,12)6-2-1-3(8)7-10/h1,6,10H,2H2,(H2,5,9)(H,7,8). The first-order chi connectivity index (χ1) is 5.90. The fourth-order valence-corrected chi connectivity index (χ4v) is 0.806. The van der Waals surface area contributed by atoms with Crippen LogP contribution >= 0.6 is 0 Å². The van der Waals surface area contributed by atoms with Crippen LogP contribution in [-0.2, 0) is 14.8 Å². The molecule has 0 spiro atoms. The predicted octanol–water partition coefficient (Wildman–Crippen LogP) is -2.31. The number of amides is 2. The Morgan fingerprint density at radius 1 is 1.46 bits per heavy atom. The molecule has 1 radical (unpaired) electrons. The van der Waals surface area contributed by atoms with Gasteiger partial charge in [0.1, 0.15) is 0 Å². The maximum atomic E-state index is 10.6. The zero-order valence-corrected chi connectivity index (χ0v) is 7.17. The van der Waals surface area contributed by atoms with Crippen LogP contribution in [0.3, 0.4) is 0 Å². The van der Waals surface area contributed by atoms with Crippen LogP contribution in [0.5, 0.6) is 0 Å². The van der Waals surface area contributed by atoms with Crippen molar-refractivity contribution >= 4 is 21.2 Å². The van der Waals surface area contributed by atoms with Gasteiger partial charge in [0.15, 0.2) is 0 Å². The van der Waals surface area contributed by atoms with E-state index in [1.807, 2.05) is 0 Å². The summed E-state index contributed by atoms with van der Waals surface area (Å²) in [5, 5.41) is 6.44. The van der Waals surface area contributed by atoms with Gasteiger partial charge in [-0.2, -0.15) is 0 Å². The van der Waals surface area contributed by atoms with Crippen molar-refractivity contribution in [2.24, 2.45) is 5.73 Å². The summed E-state index contributed by atoms with van der Waals surface area (Å²) in [5.74, 6) is -0.896.